The maximum atomic E-state index is 10.8. The third-order valence-electron chi connectivity index (χ3n) is 2.62. The Balaban J connectivity index is 2.35. The van der Waals surface area contributed by atoms with Crippen LogP contribution in [0.1, 0.15) is 28.7 Å². The fourth-order valence-corrected chi connectivity index (χ4v) is 2.63. The highest BCUT2D eigenvalue weighted by Gasteiger charge is 2.12. The lowest BCUT2D eigenvalue weighted by atomic mass is 10.2. The van der Waals surface area contributed by atoms with E-state index in [-0.39, 0.29) is 0 Å². The highest BCUT2D eigenvalue weighted by atomic mass is 32.1. The molecular formula is C12H14N2O2S. The Morgan fingerprint density at radius 1 is 1.53 bits per heavy atom. The number of nitrogens with zero attached hydrogens (tertiary/aromatic N) is 2. The minimum atomic E-state index is -0.875. The van der Waals surface area contributed by atoms with E-state index in [0.717, 1.165) is 29.1 Å². The van der Waals surface area contributed by atoms with Crippen molar-refractivity contribution in [3.8, 4) is 10.4 Å². The summed E-state index contributed by atoms with van der Waals surface area (Å²) in [5, 5.41) is 13.2. The van der Waals surface area contributed by atoms with Gasteiger partial charge >= 0.3 is 5.97 Å². The molecule has 5 heteroatoms. The molecule has 4 nitrogen and oxygen atoms in total. The molecule has 0 unspecified atom stereocenters. The van der Waals surface area contributed by atoms with Crippen LogP contribution in [0.5, 0.6) is 0 Å². The second-order valence-electron chi connectivity index (χ2n) is 3.84. The van der Waals surface area contributed by atoms with Crippen LogP contribution in [0.25, 0.3) is 10.4 Å². The van der Waals surface area contributed by atoms with Crippen molar-refractivity contribution in [1.82, 2.24) is 9.78 Å². The summed E-state index contributed by atoms with van der Waals surface area (Å²) in [7, 11) is 0. The van der Waals surface area contributed by atoms with Crippen LogP contribution in [0.3, 0.4) is 0 Å². The Morgan fingerprint density at radius 2 is 2.29 bits per heavy atom. The van der Waals surface area contributed by atoms with Crippen molar-refractivity contribution >= 4 is 17.3 Å². The Kier molecular flexibility index (Phi) is 3.28. The van der Waals surface area contributed by atoms with E-state index in [4.69, 9.17) is 5.11 Å². The fourth-order valence-electron chi connectivity index (χ4n) is 1.72. The number of carboxylic acids is 1. The summed E-state index contributed by atoms with van der Waals surface area (Å²) in [6, 6.07) is 3.48. The van der Waals surface area contributed by atoms with Gasteiger partial charge in [-0.25, -0.2) is 4.79 Å². The summed E-state index contributed by atoms with van der Waals surface area (Å²) in [4.78, 5) is 12.2. The monoisotopic (exact) mass is 250 g/mol. The number of hydrogen-bond donors (Lipinski definition) is 1. The van der Waals surface area contributed by atoms with E-state index in [0.29, 0.717) is 4.88 Å². The molecule has 0 saturated carbocycles. The van der Waals surface area contributed by atoms with Gasteiger partial charge in [-0.15, -0.1) is 11.3 Å². The minimum Gasteiger partial charge on any atom is -0.477 e. The molecule has 0 aliphatic rings. The van der Waals surface area contributed by atoms with Gasteiger partial charge in [0.15, 0.2) is 0 Å². The molecule has 0 aromatic carbocycles. The molecule has 0 amide bonds. The third-order valence-corrected chi connectivity index (χ3v) is 3.73. The molecule has 0 saturated heterocycles. The molecule has 0 atom stereocenters. The summed E-state index contributed by atoms with van der Waals surface area (Å²) in [6.07, 6.45) is 2.84. The first-order valence-corrected chi connectivity index (χ1v) is 6.31. The first-order chi connectivity index (χ1) is 8.13. The minimum absolute atomic E-state index is 0.364. The highest BCUT2D eigenvalue weighted by Crippen LogP contribution is 2.30. The molecule has 2 heterocycles. The van der Waals surface area contributed by atoms with Crippen LogP contribution in [-0.4, -0.2) is 20.9 Å². The average molecular weight is 250 g/mol. The Morgan fingerprint density at radius 3 is 2.88 bits per heavy atom. The van der Waals surface area contributed by atoms with Gasteiger partial charge in [0.2, 0.25) is 0 Å². The zero-order valence-corrected chi connectivity index (χ0v) is 10.6. The van der Waals surface area contributed by atoms with Crippen molar-refractivity contribution in [2.24, 2.45) is 0 Å². The van der Waals surface area contributed by atoms with E-state index in [1.165, 1.54) is 11.3 Å². The lowest BCUT2D eigenvalue weighted by molar-refractivity contribution is 0.0702. The second kappa shape index (κ2) is 4.71. The highest BCUT2D eigenvalue weighted by molar-refractivity contribution is 7.17. The van der Waals surface area contributed by atoms with E-state index < -0.39 is 5.97 Å². The van der Waals surface area contributed by atoms with Crippen molar-refractivity contribution in [3.63, 3.8) is 0 Å². The summed E-state index contributed by atoms with van der Waals surface area (Å²) < 4.78 is 1.95. The van der Waals surface area contributed by atoms with E-state index in [9.17, 15) is 4.79 Å². The maximum absolute atomic E-state index is 10.8. The predicted octanol–water partition coefficient (Wildman–Crippen LogP) is 3.03. The Labute approximate surface area is 104 Å². The van der Waals surface area contributed by atoms with Gasteiger partial charge in [0, 0.05) is 22.7 Å². The number of aryl methyl sites for hydroxylation is 1. The number of thiophene rings is 1. The smallest absolute Gasteiger partial charge is 0.345 e. The lowest BCUT2D eigenvalue weighted by Gasteiger charge is -2.01. The van der Waals surface area contributed by atoms with E-state index >= 15 is 0 Å². The molecule has 17 heavy (non-hydrogen) atoms. The molecule has 0 aliphatic carbocycles. The first-order valence-electron chi connectivity index (χ1n) is 5.49. The van der Waals surface area contributed by atoms with Gasteiger partial charge in [-0.05, 0) is 25.5 Å². The van der Waals surface area contributed by atoms with E-state index in [1.54, 1.807) is 6.07 Å². The van der Waals surface area contributed by atoms with Gasteiger partial charge in [0.05, 0.1) is 6.20 Å². The van der Waals surface area contributed by atoms with Crippen LogP contribution in [0, 0.1) is 6.92 Å². The summed E-state index contributed by atoms with van der Waals surface area (Å²) in [5.41, 5.74) is 2.11. The molecule has 2 rings (SSSR count). The quantitative estimate of drug-likeness (QED) is 0.907. The van der Waals surface area contributed by atoms with Crippen molar-refractivity contribution in [2.45, 2.75) is 26.8 Å². The van der Waals surface area contributed by atoms with Crippen LogP contribution in [0.15, 0.2) is 18.3 Å². The van der Waals surface area contributed by atoms with Crippen LogP contribution in [-0.2, 0) is 6.54 Å². The molecule has 0 bridgehead atoms. The Hall–Kier alpha value is -1.62. The third kappa shape index (κ3) is 2.24. The van der Waals surface area contributed by atoms with Crippen LogP contribution < -0.4 is 0 Å². The largest absolute Gasteiger partial charge is 0.477 e. The average Bonchev–Trinajstić information content (AvgIpc) is 2.87. The maximum Gasteiger partial charge on any atom is 0.345 e. The fraction of sp³-hybridized carbons (Fsp3) is 0.333. The van der Waals surface area contributed by atoms with Gasteiger partial charge in [-0.3, -0.25) is 4.68 Å². The first kappa shape index (κ1) is 11.9. The van der Waals surface area contributed by atoms with Crippen LogP contribution in [0.2, 0.25) is 0 Å². The molecule has 90 valence electrons. The van der Waals surface area contributed by atoms with Crippen molar-refractivity contribution in [3.05, 3.63) is 28.9 Å². The molecule has 2 aromatic heterocycles. The molecule has 0 aliphatic heterocycles. The van der Waals surface area contributed by atoms with Gasteiger partial charge in [0.25, 0.3) is 0 Å². The predicted molar refractivity (Wildman–Crippen MR) is 67.5 cm³/mol. The number of aromatic carboxylic acids is 1. The Bertz CT molecular complexity index is 542. The van der Waals surface area contributed by atoms with Crippen LogP contribution >= 0.6 is 11.3 Å². The molecule has 0 fully saturated rings. The summed E-state index contributed by atoms with van der Waals surface area (Å²) >= 11 is 1.29. The number of carbonyl (C=O) groups is 1. The normalized spacial score (nSPS) is 10.7. The van der Waals surface area contributed by atoms with Crippen LogP contribution in [0.4, 0.5) is 0 Å². The van der Waals surface area contributed by atoms with Gasteiger partial charge in [-0.1, -0.05) is 6.92 Å². The summed E-state index contributed by atoms with van der Waals surface area (Å²) in [5.74, 6) is -0.875. The number of rotatable bonds is 4. The van der Waals surface area contributed by atoms with Crippen molar-refractivity contribution < 1.29 is 9.90 Å². The molecule has 1 N–H and O–H groups in total. The zero-order chi connectivity index (χ0) is 12.4. The molecule has 0 radical (unpaired) electrons. The molecule has 0 spiro atoms. The van der Waals surface area contributed by atoms with Crippen molar-refractivity contribution in [1.29, 1.82) is 0 Å². The zero-order valence-electron chi connectivity index (χ0n) is 9.80. The van der Waals surface area contributed by atoms with Crippen molar-refractivity contribution in [2.75, 3.05) is 0 Å². The lowest BCUT2D eigenvalue weighted by Crippen LogP contribution is -2.00. The standard InChI is InChI=1S/C12H14N2O2S/c1-3-6-14-8(2)9(7-13-14)10-4-5-11(17-10)12(15)16/h4-5,7H,3,6H2,1-2H3,(H,15,16). The van der Waals surface area contributed by atoms with E-state index in [1.807, 2.05) is 23.9 Å². The summed E-state index contributed by atoms with van der Waals surface area (Å²) in [6.45, 7) is 5.01. The number of aromatic nitrogens is 2. The van der Waals surface area contributed by atoms with Gasteiger partial charge in [-0.2, -0.15) is 5.10 Å². The number of carboxylic acid groups (broad SMARTS) is 1. The molecule has 2 aromatic rings. The number of hydrogen-bond acceptors (Lipinski definition) is 3. The second-order valence-corrected chi connectivity index (χ2v) is 4.92. The SMILES string of the molecule is CCCn1ncc(-c2ccc(C(=O)O)s2)c1C. The molecular weight excluding hydrogens is 236 g/mol. The van der Waals surface area contributed by atoms with E-state index in [2.05, 4.69) is 12.0 Å². The topological polar surface area (TPSA) is 55.1 Å². The van der Waals surface area contributed by atoms with Gasteiger partial charge < -0.3 is 5.11 Å². The van der Waals surface area contributed by atoms with Gasteiger partial charge in [0.1, 0.15) is 4.88 Å².